The van der Waals surface area contributed by atoms with Gasteiger partial charge in [-0.2, -0.15) is 0 Å². The molecule has 0 atom stereocenters. The molecule has 4 aliphatic heterocycles. The van der Waals surface area contributed by atoms with Crippen molar-refractivity contribution in [2.24, 2.45) is 4.99 Å². The Morgan fingerprint density at radius 1 is 0.773 bits per heavy atom. The number of hydrogen-bond donors (Lipinski definition) is 3. The van der Waals surface area contributed by atoms with Crippen molar-refractivity contribution in [3.8, 4) is 0 Å². The van der Waals surface area contributed by atoms with Gasteiger partial charge in [0.15, 0.2) is 5.90 Å². The lowest BCUT2D eigenvalue weighted by Crippen LogP contribution is -2.60. The zero-order valence-electron chi connectivity index (χ0n) is 41.5. The van der Waals surface area contributed by atoms with E-state index in [9.17, 15) is 24.3 Å². The average Bonchev–Trinajstić information content (AvgIpc) is 3.82. The molecule has 1 aromatic carbocycles. The second-order valence-electron chi connectivity index (χ2n) is 21.6. The van der Waals surface area contributed by atoms with Crippen LogP contribution in [0.5, 0.6) is 0 Å². The number of esters is 1. The molecule has 0 spiro atoms. The van der Waals surface area contributed by atoms with Gasteiger partial charge < -0.3 is 29.7 Å². The Hall–Kier alpha value is -5.08. The maximum Gasteiger partial charge on any atom is 0.306 e. The Labute approximate surface area is 391 Å². The molecule has 0 aromatic heterocycles. The summed E-state index contributed by atoms with van der Waals surface area (Å²) in [7, 11) is 4.21. The number of nitrogens with zero attached hydrogens (tertiary/aromatic N) is 5. The molecule has 7 rings (SSSR count). The summed E-state index contributed by atoms with van der Waals surface area (Å²) >= 11 is 0. The number of ketones is 1. The predicted molar refractivity (Wildman–Crippen MR) is 260 cm³/mol. The first kappa shape index (κ1) is 48.8. The Bertz CT molecular complexity index is 2330. The summed E-state index contributed by atoms with van der Waals surface area (Å²) in [6.45, 7) is 24.4. The SMILES string of the molecule is CCN1CCC2=C/C(=C3/C(=O)C(c4cc5c(cc4NC(=O)CCC(=O)OC4CC(C)(C)N(C)C(C)(C)C4)N(CC)CC5)=C3O)C(=NC(=O)CCC(=N)OC3CC(C)(C)N(C)C(C)(C)C3)C=C21. The van der Waals surface area contributed by atoms with Crippen molar-refractivity contribution in [3.05, 3.63) is 63.6 Å². The van der Waals surface area contributed by atoms with E-state index in [1.54, 1.807) is 0 Å². The average molecular weight is 908 g/mol. The van der Waals surface area contributed by atoms with Crippen LogP contribution in [0.2, 0.25) is 0 Å². The van der Waals surface area contributed by atoms with Gasteiger partial charge in [0, 0.05) is 116 Å². The zero-order valence-corrected chi connectivity index (χ0v) is 41.5. The minimum Gasteiger partial charge on any atom is -0.506 e. The molecule has 0 bridgehead atoms. The number of aliphatic hydroxyl groups excluding tert-OH is 1. The van der Waals surface area contributed by atoms with Gasteiger partial charge in [0.1, 0.15) is 18.0 Å². The molecule has 14 heteroatoms. The number of piperidine rings is 2. The quantitative estimate of drug-likeness (QED) is 0.0803. The number of aliphatic hydroxyl groups is 1. The third kappa shape index (κ3) is 9.68. The van der Waals surface area contributed by atoms with Gasteiger partial charge in [0.2, 0.25) is 17.6 Å². The maximum absolute atomic E-state index is 14.5. The summed E-state index contributed by atoms with van der Waals surface area (Å²) in [5, 5.41) is 23.6. The molecule has 3 fully saturated rings. The lowest BCUT2D eigenvalue weighted by Gasteiger charge is -2.53. The first-order valence-electron chi connectivity index (χ1n) is 24.0. The van der Waals surface area contributed by atoms with Crippen molar-refractivity contribution in [2.75, 3.05) is 50.5 Å². The van der Waals surface area contributed by atoms with Gasteiger partial charge in [0.05, 0.1) is 29.0 Å². The van der Waals surface area contributed by atoms with Crippen LogP contribution in [0.3, 0.4) is 0 Å². The standard InChI is InChI=1S/C52H73N7O7/c1-13-58-21-19-31-23-35(37(25-39(31)58)54-42(60)16-15-41(53)65-33-27-49(3,4)56(11)50(5,6)28-33)45-47(63)46(48(45)64)36-24-32-20-22-59(14-2)40(32)26-38(36)55-43(61)17-18-44(62)66-34-29-51(7,8)57(12)52(9,10)30-34/h23-26,33-34,53,63H,13-22,27-30H2,1-12H3,(H,55,61)/b45-35-,53-41?,54-37?. The second-order valence-corrected chi connectivity index (χ2v) is 21.6. The van der Waals surface area contributed by atoms with Crippen LogP contribution in [0.1, 0.15) is 138 Å². The van der Waals surface area contributed by atoms with Crippen molar-refractivity contribution in [1.82, 2.24) is 14.7 Å². The van der Waals surface area contributed by atoms with E-state index in [4.69, 9.17) is 14.9 Å². The fourth-order valence-electron chi connectivity index (χ4n) is 11.2. The number of allylic oxidation sites excluding steroid dienone is 6. The second kappa shape index (κ2) is 18.2. The van der Waals surface area contributed by atoms with E-state index >= 15 is 0 Å². The van der Waals surface area contributed by atoms with Gasteiger partial charge in [0.25, 0.3) is 0 Å². The summed E-state index contributed by atoms with van der Waals surface area (Å²) in [5.41, 5.74) is 4.85. The molecule has 0 saturated carbocycles. The number of rotatable bonds is 12. The van der Waals surface area contributed by atoms with Crippen molar-refractivity contribution < 1.29 is 33.8 Å². The summed E-state index contributed by atoms with van der Waals surface area (Å²) < 4.78 is 12.1. The monoisotopic (exact) mass is 908 g/mol. The molecule has 1 aromatic rings. The van der Waals surface area contributed by atoms with Crippen molar-refractivity contribution in [1.29, 1.82) is 5.41 Å². The number of fused-ring (bicyclic) bond motifs is 2. The summed E-state index contributed by atoms with van der Waals surface area (Å²) in [6, 6.07) is 3.73. The molecule has 3 saturated heterocycles. The largest absolute Gasteiger partial charge is 0.506 e. The molecule has 14 nitrogen and oxygen atoms in total. The maximum atomic E-state index is 14.5. The zero-order chi connectivity index (χ0) is 48.3. The van der Waals surface area contributed by atoms with Gasteiger partial charge in [-0.25, -0.2) is 4.99 Å². The fourth-order valence-corrected chi connectivity index (χ4v) is 11.2. The van der Waals surface area contributed by atoms with E-state index in [0.717, 1.165) is 74.4 Å². The number of aliphatic imine (C=N–C) groups is 1. The molecule has 4 heterocycles. The van der Waals surface area contributed by atoms with Crippen LogP contribution < -0.4 is 10.2 Å². The lowest BCUT2D eigenvalue weighted by molar-refractivity contribution is -0.159. The third-order valence-corrected chi connectivity index (χ3v) is 15.4. The van der Waals surface area contributed by atoms with Crippen LogP contribution >= 0.6 is 0 Å². The molecule has 2 aliphatic carbocycles. The van der Waals surface area contributed by atoms with Crippen LogP contribution in [-0.4, -0.2) is 130 Å². The predicted octanol–water partition coefficient (Wildman–Crippen LogP) is 8.07. The Kier molecular flexibility index (Phi) is 13.5. The highest BCUT2D eigenvalue weighted by molar-refractivity contribution is 6.42. The molecule has 3 N–H and O–H groups in total. The minimum absolute atomic E-state index is 0.0416. The van der Waals surface area contributed by atoms with Crippen molar-refractivity contribution >= 4 is 52.1 Å². The van der Waals surface area contributed by atoms with E-state index in [0.29, 0.717) is 29.7 Å². The van der Waals surface area contributed by atoms with E-state index in [1.165, 1.54) is 0 Å². The number of carbonyl (C=O) groups is 4. The van der Waals surface area contributed by atoms with E-state index in [-0.39, 0.29) is 88.6 Å². The molecule has 0 radical (unpaired) electrons. The first-order valence-corrected chi connectivity index (χ1v) is 24.0. The highest BCUT2D eigenvalue weighted by Gasteiger charge is 2.46. The summed E-state index contributed by atoms with van der Waals surface area (Å²) in [5.74, 6) is -1.92. The lowest BCUT2D eigenvalue weighted by atomic mass is 9.77. The normalized spacial score (nSPS) is 24.4. The van der Waals surface area contributed by atoms with Gasteiger partial charge in [-0.15, -0.1) is 0 Å². The number of Topliss-reactive ketones (excluding diaryl/α,β-unsaturated/α-hetero) is 1. The Morgan fingerprint density at radius 2 is 1.35 bits per heavy atom. The topological polar surface area (TPSA) is 168 Å². The fraction of sp³-hybridized carbons (Fsp3) is 0.615. The number of carbonyl (C=O) groups excluding carboxylic acids is 4. The van der Waals surface area contributed by atoms with Gasteiger partial charge in [-0.05, 0) is 132 Å². The molecule has 2 amide bonds. The summed E-state index contributed by atoms with van der Waals surface area (Å²) in [4.78, 5) is 68.5. The number of amides is 2. The Balaban J connectivity index is 1.11. The molecule has 0 unspecified atom stereocenters. The molecular formula is C52H73N7O7. The number of likely N-dealkylation sites (N-methyl/N-ethyl adjacent to an activating group) is 2. The van der Waals surface area contributed by atoms with Gasteiger partial charge in [-0.3, -0.25) is 34.4 Å². The van der Waals surface area contributed by atoms with Crippen LogP contribution in [0.25, 0.3) is 5.57 Å². The van der Waals surface area contributed by atoms with E-state index < -0.39 is 23.6 Å². The number of ether oxygens (including phenoxy) is 2. The molecule has 358 valence electrons. The van der Waals surface area contributed by atoms with Crippen LogP contribution in [0, 0.1) is 5.41 Å². The van der Waals surface area contributed by atoms with Crippen LogP contribution in [0.4, 0.5) is 11.4 Å². The van der Waals surface area contributed by atoms with Crippen molar-refractivity contribution in [3.63, 3.8) is 0 Å². The third-order valence-electron chi connectivity index (χ3n) is 15.4. The number of anilines is 2. The van der Waals surface area contributed by atoms with Gasteiger partial charge in [-0.1, -0.05) is 0 Å². The van der Waals surface area contributed by atoms with Crippen molar-refractivity contribution in [2.45, 2.75) is 168 Å². The highest BCUT2D eigenvalue weighted by Crippen LogP contribution is 2.46. The molecule has 66 heavy (non-hydrogen) atoms. The van der Waals surface area contributed by atoms with Crippen LogP contribution in [-0.2, 0) is 35.1 Å². The molecular weight excluding hydrogens is 835 g/mol. The minimum atomic E-state index is -0.460. The molecule has 6 aliphatic rings. The van der Waals surface area contributed by atoms with Gasteiger partial charge >= 0.3 is 5.97 Å². The van der Waals surface area contributed by atoms with Crippen LogP contribution in [0.15, 0.2) is 57.5 Å². The highest BCUT2D eigenvalue weighted by atomic mass is 16.5. The van der Waals surface area contributed by atoms with E-state index in [2.05, 4.69) is 113 Å². The first-order chi connectivity index (χ1) is 30.8. The smallest absolute Gasteiger partial charge is 0.306 e. The number of nitrogens with one attached hydrogen (secondary N) is 2. The summed E-state index contributed by atoms with van der Waals surface area (Å²) in [6.07, 6.45) is 7.45. The number of likely N-dealkylation sites (tertiary alicyclic amines) is 3. The Morgan fingerprint density at radius 3 is 1.92 bits per heavy atom. The van der Waals surface area contributed by atoms with E-state index in [1.807, 2.05) is 24.3 Å². The number of hydrogen-bond acceptors (Lipinski definition) is 12. The number of benzene rings is 1.